The first-order valence-electron chi connectivity index (χ1n) is 9.01. The Balaban J connectivity index is 1.58. The maximum atomic E-state index is 13.6. The molecular weight excluding hydrogens is 379 g/mol. The Labute approximate surface area is 164 Å². The van der Waals surface area contributed by atoms with Gasteiger partial charge in [-0.25, -0.2) is 0 Å². The van der Waals surface area contributed by atoms with Gasteiger partial charge in [-0.3, -0.25) is 4.98 Å². The molecule has 0 amide bonds. The molecule has 1 aliphatic rings. The number of hydrogen-bond acceptors (Lipinski definition) is 7. The number of aliphatic hydroxyl groups excluding tert-OH is 1. The van der Waals surface area contributed by atoms with Crippen LogP contribution in [0.3, 0.4) is 0 Å². The van der Waals surface area contributed by atoms with Crippen LogP contribution < -0.4 is 5.32 Å². The standard InChI is InChI=1S/C20H17FN4O2S/c21-18-8-11-1-2-12(7-17(11)28-18)19-13-3-5-22-9-14(13)20(25-24-19)23-15-4-6-27-10-16(15)26/h1-3,5,7-9,15-16,26H,4,6,10H2,(H,23,25)/t15-,16-/m1/s1. The number of ether oxygens (including phenoxy) is 1. The molecule has 1 fully saturated rings. The zero-order chi connectivity index (χ0) is 19.1. The van der Waals surface area contributed by atoms with E-state index in [-0.39, 0.29) is 11.2 Å². The SMILES string of the molecule is O[C@@H]1COCC[C@H]1Nc1nnc(-c2ccc3cc(F)sc3c2)c2ccncc12. The van der Waals surface area contributed by atoms with E-state index in [1.165, 1.54) is 6.07 Å². The van der Waals surface area contributed by atoms with E-state index in [0.717, 1.165) is 37.8 Å². The van der Waals surface area contributed by atoms with Gasteiger partial charge in [-0.05, 0) is 30.0 Å². The summed E-state index contributed by atoms with van der Waals surface area (Å²) in [6.07, 6.45) is 3.54. The number of fused-ring (bicyclic) bond motifs is 2. The molecule has 0 radical (unpaired) electrons. The molecule has 28 heavy (non-hydrogen) atoms. The van der Waals surface area contributed by atoms with Gasteiger partial charge in [-0.2, -0.15) is 4.39 Å². The number of pyridine rings is 1. The highest BCUT2D eigenvalue weighted by Crippen LogP contribution is 2.33. The lowest BCUT2D eigenvalue weighted by Crippen LogP contribution is -2.42. The zero-order valence-electron chi connectivity index (χ0n) is 14.8. The molecule has 6 nitrogen and oxygen atoms in total. The summed E-state index contributed by atoms with van der Waals surface area (Å²) in [5, 5.41) is 24.6. The molecule has 2 N–H and O–H groups in total. The predicted octanol–water partition coefficient (Wildman–Crippen LogP) is 3.61. The predicted molar refractivity (Wildman–Crippen MR) is 107 cm³/mol. The van der Waals surface area contributed by atoms with Crippen LogP contribution in [0.15, 0.2) is 42.7 Å². The van der Waals surface area contributed by atoms with Crippen molar-refractivity contribution in [2.24, 2.45) is 0 Å². The van der Waals surface area contributed by atoms with Crippen LogP contribution in [0.25, 0.3) is 32.1 Å². The largest absolute Gasteiger partial charge is 0.389 e. The van der Waals surface area contributed by atoms with Crippen molar-refractivity contribution in [1.82, 2.24) is 15.2 Å². The quantitative estimate of drug-likeness (QED) is 0.551. The fourth-order valence-electron chi connectivity index (χ4n) is 3.53. The zero-order valence-corrected chi connectivity index (χ0v) is 15.6. The Morgan fingerprint density at radius 2 is 2.11 bits per heavy atom. The number of benzene rings is 1. The van der Waals surface area contributed by atoms with Crippen molar-refractivity contribution in [3.05, 3.63) is 47.9 Å². The summed E-state index contributed by atoms with van der Waals surface area (Å²) in [7, 11) is 0. The van der Waals surface area contributed by atoms with Gasteiger partial charge in [0, 0.05) is 40.0 Å². The lowest BCUT2D eigenvalue weighted by molar-refractivity contribution is -0.0135. The number of nitrogens with one attached hydrogen (secondary N) is 1. The second-order valence-electron chi connectivity index (χ2n) is 6.80. The summed E-state index contributed by atoms with van der Waals surface area (Å²) >= 11 is 1.11. The number of aromatic nitrogens is 3. The maximum Gasteiger partial charge on any atom is 0.177 e. The molecule has 8 heteroatoms. The van der Waals surface area contributed by atoms with Crippen LogP contribution in [0.5, 0.6) is 0 Å². The normalized spacial score (nSPS) is 19.9. The van der Waals surface area contributed by atoms with Crippen LogP contribution in [0, 0.1) is 5.13 Å². The monoisotopic (exact) mass is 396 g/mol. The van der Waals surface area contributed by atoms with Gasteiger partial charge < -0.3 is 15.2 Å². The fraction of sp³-hybridized carbons (Fsp3) is 0.250. The number of thiophene rings is 1. The van der Waals surface area contributed by atoms with Gasteiger partial charge >= 0.3 is 0 Å². The second-order valence-corrected chi connectivity index (χ2v) is 7.84. The topological polar surface area (TPSA) is 80.2 Å². The summed E-state index contributed by atoms with van der Waals surface area (Å²) in [4.78, 5) is 4.23. The van der Waals surface area contributed by atoms with Gasteiger partial charge in [0.1, 0.15) is 5.69 Å². The molecule has 2 atom stereocenters. The minimum absolute atomic E-state index is 0.150. The van der Waals surface area contributed by atoms with Gasteiger partial charge in [0.2, 0.25) is 0 Å². The molecular formula is C20H17FN4O2S. The van der Waals surface area contributed by atoms with E-state index < -0.39 is 6.10 Å². The maximum absolute atomic E-state index is 13.6. The molecule has 0 spiro atoms. The molecule has 1 saturated heterocycles. The molecule has 0 unspecified atom stereocenters. The van der Waals surface area contributed by atoms with Gasteiger partial charge in [0.25, 0.3) is 0 Å². The van der Waals surface area contributed by atoms with Crippen LogP contribution in [0.2, 0.25) is 0 Å². The second kappa shape index (κ2) is 7.05. The van der Waals surface area contributed by atoms with Gasteiger partial charge in [-0.1, -0.05) is 12.1 Å². The minimum Gasteiger partial charge on any atom is -0.389 e. The molecule has 1 aliphatic heterocycles. The summed E-state index contributed by atoms with van der Waals surface area (Å²) in [6.45, 7) is 0.893. The van der Waals surface area contributed by atoms with Crippen molar-refractivity contribution >= 4 is 38.0 Å². The van der Waals surface area contributed by atoms with Crippen LogP contribution in [0.1, 0.15) is 6.42 Å². The average molecular weight is 396 g/mol. The molecule has 4 heterocycles. The Kier molecular flexibility index (Phi) is 4.38. The van der Waals surface area contributed by atoms with Crippen molar-refractivity contribution < 1.29 is 14.2 Å². The number of halogens is 1. The molecule has 3 aromatic heterocycles. The first-order chi connectivity index (χ1) is 13.7. The first-order valence-corrected chi connectivity index (χ1v) is 9.83. The summed E-state index contributed by atoms with van der Waals surface area (Å²) in [5.41, 5.74) is 1.59. The van der Waals surface area contributed by atoms with Crippen LogP contribution in [0.4, 0.5) is 10.2 Å². The van der Waals surface area contributed by atoms with Crippen LogP contribution >= 0.6 is 11.3 Å². The Morgan fingerprint density at radius 1 is 1.18 bits per heavy atom. The number of aliphatic hydroxyl groups is 1. The van der Waals surface area contributed by atoms with Crippen molar-refractivity contribution in [3.8, 4) is 11.3 Å². The molecule has 0 aliphatic carbocycles. The number of nitrogens with zero attached hydrogens (tertiary/aromatic N) is 3. The van der Waals surface area contributed by atoms with Crippen LogP contribution in [-0.2, 0) is 4.74 Å². The van der Waals surface area contributed by atoms with E-state index in [0.29, 0.717) is 31.1 Å². The molecule has 0 bridgehead atoms. The van der Waals surface area contributed by atoms with Crippen molar-refractivity contribution in [3.63, 3.8) is 0 Å². The molecule has 5 rings (SSSR count). The first kappa shape index (κ1) is 17.4. The third-order valence-corrected chi connectivity index (χ3v) is 5.88. The fourth-order valence-corrected chi connectivity index (χ4v) is 4.36. The van der Waals surface area contributed by atoms with Crippen molar-refractivity contribution in [1.29, 1.82) is 0 Å². The highest BCUT2D eigenvalue weighted by atomic mass is 32.1. The smallest absolute Gasteiger partial charge is 0.177 e. The highest BCUT2D eigenvalue weighted by molar-refractivity contribution is 7.17. The third-order valence-electron chi connectivity index (χ3n) is 4.99. The number of rotatable bonds is 3. The Hall–Kier alpha value is -2.68. The Morgan fingerprint density at radius 3 is 3.00 bits per heavy atom. The minimum atomic E-state index is -0.599. The van der Waals surface area contributed by atoms with Gasteiger partial charge in [0.05, 0.1) is 18.8 Å². The van der Waals surface area contributed by atoms with E-state index in [1.54, 1.807) is 12.4 Å². The van der Waals surface area contributed by atoms with Crippen molar-refractivity contribution in [2.45, 2.75) is 18.6 Å². The van der Waals surface area contributed by atoms with Gasteiger partial charge in [0.15, 0.2) is 10.9 Å². The lowest BCUT2D eigenvalue weighted by atomic mass is 10.0. The average Bonchev–Trinajstić information content (AvgIpc) is 3.09. The Bertz CT molecular complexity index is 1170. The highest BCUT2D eigenvalue weighted by Gasteiger charge is 2.25. The summed E-state index contributed by atoms with van der Waals surface area (Å²) < 4.78 is 19.7. The van der Waals surface area contributed by atoms with E-state index in [9.17, 15) is 9.50 Å². The van der Waals surface area contributed by atoms with Crippen molar-refractivity contribution in [2.75, 3.05) is 18.5 Å². The number of hydrogen-bond donors (Lipinski definition) is 2. The molecule has 0 saturated carbocycles. The lowest BCUT2D eigenvalue weighted by Gasteiger charge is -2.29. The molecule has 142 valence electrons. The summed E-state index contributed by atoms with van der Waals surface area (Å²) in [5.74, 6) is 0.584. The third kappa shape index (κ3) is 3.09. The van der Waals surface area contributed by atoms with Gasteiger partial charge in [-0.15, -0.1) is 21.5 Å². The van der Waals surface area contributed by atoms with Crippen LogP contribution in [-0.4, -0.2) is 45.6 Å². The van der Waals surface area contributed by atoms with E-state index >= 15 is 0 Å². The molecule has 4 aromatic rings. The number of anilines is 1. The summed E-state index contributed by atoms with van der Waals surface area (Å²) in [6, 6.07) is 9.02. The van der Waals surface area contributed by atoms with E-state index in [2.05, 4.69) is 20.5 Å². The van der Waals surface area contributed by atoms with E-state index in [1.807, 2.05) is 24.3 Å². The molecule has 1 aromatic carbocycles. The van der Waals surface area contributed by atoms with E-state index in [4.69, 9.17) is 4.74 Å².